The van der Waals surface area contributed by atoms with Gasteiger partial charge in [0.2, 0.25) is 0 Å². The molecule has 9 heteroatoms. The number of unbranched alkanes of at least 4 members (excludes halogenated alkanes) is 5. The zero-order valence-corrected chi connectivity index (χ0v) is 24.6. The van der Waals surface area contributed by atoms with Crippen molar-refractivity contribution in [1.29, 1.82) is 0 Å². The third kappa shape index (κ3) is 8.18. The maximum absolute atomic E-state index is 13.5. The number of rotatable bonds is 15. The zero-order valence-electron chi connectivity index (χ0n) is 23.8. The number of esters is 1. The van der Waals surface area contributed by atoms with Crippen LogP contribution in [0.5, 0.6) is 0 Å². The Labute approximate surface area is 238 Å². The number of benzene rings is 1. The second kappa shape index (κ2) is 16.1. The first-order chi connectivity index (χ1) is 18.4. The standard InChI is InChI=1S/C30H42N4O4.ClH/c1-5-8-11-12-19-33-28(35)26(32(30(33)37)18-10-7-3)20-25-21-31-27(13-9-6-2)34(25)22-23-14-16-24(17-15-23)29(36)38-4;/h14-17,20-21H,5-13,18-19,22H2,1-4H3;1H. The molecule has 0 unspecified atom stereocenters. The Balaban J connectivity index is 0.00000533. The molecule has 2 heterocycles. The van der Waals surface area contributed by atoms with Crippen molar-refractivity contribution in [2.75, 3.05) is 20.2 Å². The number of aromatic nitrogens is 2. The van der Waals surface area contributed by atoms with Crippen LogP contribution in [0.4, 0.5) is 4.79 Å². The number of urea groups is 1. The van der Waals surface area contributed by atoms with E-state index in [1.165, 1.54) is 12.0 Å². The van der Waals surface area contributed by atoms with E-state index < -0.39 is 0 Å². The highest BCUT2D eigenvalue weighted by Crippen LogP contribution is 2.26. The molecule has 0 bridgehead atoms. The number of carbonyl (C=O) groups is 3. The highest BCUT2D eigenvalue weighted by Gasteiger charge is 2.40. The largest absolute Gasteiger partial charge is 0.465 e. The fraction of sp³-hybridized carbons (Fsp3) is 0.533. The third-order valence-electron chi connectivity index (χ3n) is 6.91. The van der Waals surface area contributed by atoms with Crippen LogP contribution in [0.3, 0.4) is 0 Å². The summed E-state index contributed by atoms with van der Waals surface area (Å²) in [6.07, 6.45) is 12.3. The van der Waals surface area contributed by atoms with Gasteiger partial charge in [0.25, 0.3) is 5.91 Å². The zero-order chi connectivity index (χ0) is 27.5. The molecule has 8 nitrogen and oxygen atoms in total. The van der Waals surface area contributed by atoms with E-state index in [-0.39, 0.29) is 30.3 Å². The Morgan fingerprint density at radius 1 is 0.897 bits per heavy atom. The summed E-state index contributed by atoms with van der Waals surface area (Å²) in [6, 6.07) is 7.10. The van der Waals surface area contributed by atoms with Crippen molar-refractivity contribution in [3.8, 4) is 0 Å². The van der Waals surface area contributed by atoms with Gasteiger partial charge in [-0.25, -0.2) is 14.6 Å². The average molecular weight is 559 g/mol. The van der Waals surface area contributed by atoms with Crippen LogP contribution in [0, 0.1) is 0 Å². The lowest BCUT2D eigenvalue weighted by Gasteiger charge is -2.17. The Hall–Kier alpha value is -3.13. The van der Waals surface area contributed by atoms with Crippen LogP contribution in [0.25, 0.3) is 6.08 Å². The van der Waals surface area contributed by atoms with Gasteiger partial charge in [-0.3, -0.25) is 14.6 Å². The van der Waals surface area contributed by atoms with Crippen molar-refractivity contribution in [2.45, 2.75) is 85.1 Å². The highest BCUT2D eigenvalue weighted by atomic mass is 35.5. The van der Waals surface area contributed by atoms with E-state index in [0.29, 0.717) is 30.9 Å². The number of hydrogen-bond acceptors (Lipinski definition) is 5. The van der Waals surface area contributed by atoms with Gasteiger partial charge in [-0.1, -0.05) is 65.0 Å². The predicted octanol–water partition coefficient (Wildman–Crippen LogP) is 6.47. The molecule has 0 spiro atoms. The van der Waals surface area contributed by atoms with E-state index in [0.717, 1.165) is 74.9 Å². The van der Waals surface area contributed by atoms with E-state index in [1.54, 1.807) is 23.2 Å². The average Bonchev–Trinajstić information content (AvgIpc) is 3.41. The molecule has 1 fully saturated rings. The van der Waals surface area contributed by atoms with Crippen molar-refractivity contribution in [2.24, 2.45) is 0 Å². The second-order valence-corrected chi connectivity index (χ2v) is 9.81. The number of ether oxygens (including phenoxy) is 1. The van der Waals surface area contributed by atoms with Gasteiger partial charge in [0, 0.05) is 26.1 Å². The molecule has 1 saturated heterocycles. The Bertz CT molecular complexity index is 1130. The van der Waals surface area contributed by atoms with Gasteiger partial charge >= 0.3 is 12.0 Å². The van der Waals surface area contributed by atoms with Crippen LogP contribution in [0.1, 0.15) is 99.6 Å². The van der Waals surface area contributed by atoms with E-state index in [9.17, 15) is 14.4 Å². The molecule has 0 atom stereocenters. The van der Waals surface area contributed by atoms with E-state index in [4.69, 9.17) is 4.74 Å². The minimum absolute atomic E-state index is 0. The summed E-state index contributed by atoms with van der Waals surface area (Å²) < 4.78 is 6.92. The number of halogens is 1. The minimum Gasteiger partial charge on any atom is -0.465 e. The van der Waals surface area contributed by atoms with Crippen LogP contribution < -0.4 is 0 Å². The summed E-state index contributed by atoms with van der Waals surface area (Å²) in [6.45, 7) is 7.87. The fourth-order valence-corrected chi connectivity index (χ4v) is 4.60. The second-order valence-electron chi connectivity index (χ2n) is 9.81. The summed E-state index contributed by atoms with van der Waals surface area (Å²) in [5.74, 6) is 0.334. The molecule has 0 saturated carbocycles. The molecule has 0 N–H and O–H groups in total. The SMILES string of the molecule is CCCCCCN1C(=O)C(=Cc2cnc(CCCC)n2Cc2ccc(C(=O)OC)cc2)N(CCCC)C1=O.Cl. The van der Waals surface area contributed by atoms with Crippen molar-refractivity contribution in [3.63, 3.8) is 0 Å². The van der Waals surface area contributed by atoms with Crippen LogP contribution in [0.15, 0.2) is 36.2 Å². The van der Waals surface area contributed by atoms with Gasteiger partial charge in [-0.15, -0.1) is 12.4 Å². The number of amides is 3. The van der Waals surface area contributed by atoms with Crippen LogP contribution in [-0.2, 0) is 22.5 Å². The Morgan fingerprint density at radius 2 is 1.56 bits per heavy atom. The number of imidazole rings is 1. The molecule has 1 aromatic carbocycles. The lowest BCUT2D eigenvalue weighted by atomic mass is 10.1. The molecule has 39 heavy (non-hydrogen) atoms. The molecule has 3 rings (SSSR count). The van der Waals surface area contributed by atoms with Gasteiger partial charge in [-0.05, 0) is 43.0 Å². The molecule has 0 radical (unpaired) electrons. The summed E-state index contributed by atoms with van der Waals surface area (Å²) in [5.41, 5.74) is 2.71. The van der Waals surface area contributed by atoms with Gasteiger partial charge in [0.1, 0.15) is 11.5 Å². The van der Waals surface area contributed by atoms with Gasteiger partial charge < -0.3 is 9.30 Å². The maximum atomic E-state index is 13.5. The monoisotopic (exact) mass is 558 g/mol. The number of aryl methyl sites for hydroxylation is 1. The molecular formula is C30H43ClN4O4. The van der Waals surface area contributed by atoms with E-state index in [2.05, 4.69) is 30.3 Å². The van der Waals surface area contributed by atoms with E-state index in [1.807, 2.05) is 18.2 Å². The molecule has 214 valence electrons. The number of imide groups is 1. The maximum Gasteiger partial charge on any atom is 0.337 e. The molecule has 1 aliphatic rings. The van der Waals surface area contributed by atoms with Gasteiger partial charge in [0.05, 0.1) is 24.6 Å². The number of nitrogens with zero attached hydrogens (tertiary/aromatic N) is 4. The first kappa shape index (κ1) is 32.1. The smallest absolute Gasteiger partial charge is 0.337 e. The summed E-state index contributed by atoms with van der Waals surface area (Å²) in [7, 11) is 1.37. The first-order valence-corrected chi connectivity index (χ1v) is 14.0. The first-order valence-electron chi connectivity index (χ1n) is 14.0. The molecule has 0 aliphatic carbocycles. The van der Waals surface area contributed by atoms with Gasteiger partial charge in [0.15, 0.2) is 0 Å². The summed E-state index contributed by atoms with van der Waals surface area (Å²) in [4.78, 5) is 46.3. The molecule has 2 aromatic rings. The van der Waals surface area contributed by atoms with E-state index >= 15 is 0 Å². The minimum atomic E-state index is -0.371. The molecule has 1 aliphatic heterocycles. The van der Waals surface area contributed by atoms with Crippen LogP contribution >= 0.6 is 12.4 Å². The van der Waals surface area contributed by atoms with Crippen molar-refractivity contribution < 1.29 is 19.1 Å². The van der Waals surface area contributed by atoms with Crippen LogP contribution in [0.2, 0.25) is 0 Å². The highest BCUT2D eigenvalue weighted by molar-refractivity contribution is 6.13. The fourth-order valence-electron chi connectivity index (χ4n) is 4.60. The van der Waals surface area contributed by atoms with Crippen molar-refractivity contribution >= 4 is 36.4 Å². The normalized spacial score (nSPS) is 14.3. The van der Waals surface area contributed by atoms with Gasteiger partial charge in [-0.2, -0.15) is 0 Å². The predicted molar refractivity (Wildman–Crippen MR) is 156 cm³/mol. The summed E-state index contributed by atoms with van der Waals surface area (Å²) in [5, 5.41) is 0. The Kier molecular flexibility index (Phi) is 13.2. The molecule has 1 aromatic heterocycles. The molecule has 3 amide bonds. The Morgan fingerprint density at radius 3 is 2.21 bits per heavy atom. The lowest BCUT2D eigenvalue weighted by molar-refractivity contribution is -0.123. The van der Waals surface area contributed by atoms with Crippen molar-refractivity contribution in [1.82, 2.24) is 19.4 Å². The number of carbonyl (C=O) groups excluding carboxylic acids is 3. The van der Waals surface area contributed by atoms with Crippen molar-refractivity contribution in [3.05, 3.63) is 58.8 Å². The van der Waals surface area contributed by atoms with Crippen LogP contribution in [-0.4, -0.2) is 57.5 Å². The quantitative estimate of drug-likeness (QED) is 0.108. The molecular weight excluding hydrogens is 516 g/mol. The topological polar surface area (TPSA) is 84.7 Å². The summed E-state index contributed by atoms with van der Waals surface area (Å²) >= 11 is 0. The third-order valence-corrected chi connectivity index (χ3v) is 6.91. The lowest BCUT2D eigenvalue weighted by Crippen LogP contribution is -2.34. The number of hydrogen-bond donors (Lipinski definition) is 0. The number of methoxy groups -OCH3 is 1.